The fourth-order valence-electron chi connectivity index (χ4n) is 2.24. The van der Waals surface area contributed by atoms with Crippen LogP contribution in [0.25, 0.3) is 0 Å². The van der Waals surface area contributed by atoms with Crippen LogP contribution in [-0.4, -0.2) is 17.1 Å². The lowest BCUT2D eigenvalue weighted by atomic mass is 9.89. The highest BCUT2D eigenvalue weighted by Crippen LogP contribution is 2.52. The fraction of sp³-hybridized carbons (Fsp3) is 0.545. The molecule has 1 heterocycles. The Morgan fingerprint density at radius 2 is 2.20 bits per heavy atom. The van der Waals surface area contributed by atoms with Gasteiger partial charge in [-0.15, -0.1) is 11.3 Å². The van der Waals surface area contributed by atoms with Crippen LogP contribution in [0.5, 0.6) is 0 Å². The van der Waals surface area contributed by atoms with Crippen LogP contribution in [0.4, 0.5) is 0 Å². The Hall–Kier alpha value is -0.870. The van der Waals surface area contributed by atoms with Crippen molar-refractivity contribution in [3.8, 4) is 0 Å². The highest BCUT2D eigenvalue weighted by molar-refractivity contribution is 7.12. The summed E-state index contributed by atoms with van der Waals surface area (Å²) in [6, 6.07) is 1.33. The molecule has 1 aromatic heterocycles. The van der Waals surface area contributed by atoms with E-state index in [1.807, 2.05) is 13.8 Å². The van der Waals surface area contributed by atoms with Gasteiger partial charge >= 0.3 is 5.97 Å². The zero-order valence-electron chi connectivity index (χ0n) is 8.91. The Morgan fingerprint density at radius 1 is 1.60 bits per heavy atom. The van der Waals surface area contributed by atoms with Gasteiger partial charge in [0.15, 0.2) is 0 Å². The summed E-state index contributed by atoms with van der Waals surface area (Å²) in [5, 5.41) is 9.00. The van der Waals surface area contributed by atoms with Crippen LogP contribution < -0.4 is 5.73 Å². The minimum atomic E-state index is -0.893. The number of carboxylic acid groups (broad SMARTS) is 1. The zero-order chi connectivity index (χ0) is 11.2. The summed E-state index contributed by atoms with van der Waals surface area (Å²) in [5.41, 5.74) is 6.65. The van der Waals surface area contributed by atoms with Crippen LogP contribution in [0.1, 0.15) is 28.2 Å². The van der Waals surface area contributed by atoms with Gasteiger partial charge in [0.25, 0.3) is 0 Å². The Morgan fingerprint density at radius 3 is 2.53 bits per heavy atom. The molecule has 1 atom stereocenters. The van der Waals surface area contributed by atoms with Gasteiger partial charge in [-0.05, 0) is 38.3 Å². The third-order valence-electron chi connectivity index (χ3n) is 3.23. The predicted molar refractivity (Wildman–Crippen MR) is 60.3 cm³/mol. The van der Waals surface area contributed by atoms with Gasteiger partial charge in [-0.25, -0.2) is 0 Å². The van der Waals surface area contributed by atoms with Gasteiger partial charge in [0.2, 0.25) is 0 Å². The molecular weight excluding hydrogens is 210 g/mol. The van der Waals surface area contributed by atoms with Crippen molar-refractivity contribution in [1.29, 1.82) is 0 Å². The maximum absolute atomic E-state index is 11.0. The predicted octanol–water partition coefficient (Wildman–Crippen LogP) is 1.81. The third-order valence-corrected chi connectivity index (χ3v) is 4.19. The molecule has 0 aromatic carbocycles. The molecule has 1 unspecified atom stereocenters. The fourth-order valence-corrected chi connectivity index (χ4v) is 3.28. The largest absolute Gasteiger partial charge is 0.480 e. The van der Waals surface area contributed by atoms with E-state index in [0.29, 0.717) is 0 Å². The molecule has 0 amide bonds. The van der Waals surface area contributed by atoms with Crippen molar-refractivity contribution in [3.05, 3.63) is 21.4 Å². The Kier molecular flexibility index (Phi) is 2.35. The van der Waals surface area contributed by atoms with Crippen molar-refractivity contribution < 1.29 is 9.90 Å². The first-order valence-corrected chi connectivity index (χ1v) is 5.85. The number of thiophene rings is 1. The van der Waals surface area contributed by atoms with Gasteiger partial charge < -0.3 is 10.8 Å². The molecule has 0 radical (unpaired) electrons. The van der Waals surface area contributed by atoms with Gasteiger partial charge in [0, 0.05) is 15.2 Å². The number of rotatable bonds is 3. The monoisotopic (exact) mass is 225 g/mol. The van der Waals surface area contributed by atoms with Crippen LogP contribution in [0.2, 0.25) is 0 Å². The van der Waals surface area contributed by atoms with E-state index in [1.165, 1.54) is 9.75 Å². The quantitative estimate of drug-likeness (QED) is 0.824. The van der Waals surface area contributed by atoms with E-state index in [4.69, 9.17) is 10.8 Å². The first-order chi connectivity index (χ1) is 6.97. The standard InChI is InChI=1S/C11H15NO2S/c1-6-5-8(7(2)15-6)11(3-4-11)9(12)10(13)14/h5,9H,3-4,12H2,1-2H3,(H,13,14). The minimum absolute atomic E-state index is 0.277. The normalized spacial score (nSPS) is 19.9. The van der Waals surface area contributed by atoms with E-state index in [1.54, 1.807) is 11.3 Å². The number of hydrogen-bond acceptors (Lipinski definition) is 3. The number of aryl methyl sites for hydroxylation is 2. The number of hydrogen-bond donors (Lipinski definition) is 2. The maximum Gasteiger partial charge on any atom is 0.321 e. The van der Waals surface area contributed by atoms with Crippen LogP contribution in [0, 0.1) is 13.8 Å². The minimum Gasteiger partial charge on any atom is -0.480 e. The molecular formula is C11H15NO2S. The first-order valence-electron chi connectivity index (χ1n) is 5.03. The Balaban J connectivity index is 2.38. The summed E-state index contributed by atoms with van der Waals surface area (Å²) < 4.78 is 0. The number of aliphatic carboxylic acids is 1. The molecule has 3 N–H and O–H groups in total. The van der Waals surface area contributed by atoms with Crippen molar-refractivity contribution >= 4 is 17.3 Å². The second-order valence-electron chi connectivity index (χ2n) is 4.30. The molecule has 0 bridgehead atoms. The van der Waals surface area contributed by atoms with Crippen molar-refractivity contribution in [3.63, 3.8) is 0 Å². The average Bonchev–Trinajstić information content (AvgIpc) is 2.87. The smallest absolute Gasteiger partial charge is 0.321 e. The molecule has 3 nitrogen and oxygen atoms in total. The van der Waals surface area contributed by atoms with Crippen molar-refractivity contribution in [2.24, 2.45) is 5.73 Å². The van der Waals surface area contributed by atoms with Gasteiger partial charge in [-0.3, -0.25) is 4.79 Å². The summed E-state index contributed by atoms with van der Waals surface area (Å²) in [5.74, 6) is -0.893. The molecule has 1 aliphatic carbocycles. The van der Waals surface area contributed by atoms with Crippen molar-refractivity contribution in [2.75, 3.05) is 0 Å². The summed E-state index contributed by atoms with van der Waals surface area (Å²) in [4.78, 5) is 13.4. The third kappa shape index (κ3) is 1.58. The lowest BCUT2D eigenvalue weighted by Crippen LogP contribution is -2.42. The first kappa shape index (κ1) is 10.6. The Labute approximate surface area is 92.9 Å². The van der Waals surface area contributed by atoms with Gasteiger partial charge in [0.1, 0.15) is 6.04 Å². The molecule has 1 saturated carbocycles. The second-order valence-corrected chi connectivity index (χ2v) is 5.76. The van der Waals surface area contributed by atoms with E-state index >= 15 is 0 Å². The van der Waals surface area contributed by atoms with E-state index in [0.717, 1.165) is 18.4 Å². The van der Waals surface area contributed by atoms with E-state index in [2.05, 4.69) is 6.07 Å². The second kappa shape index (κ2) is 3.32. The summed E-state index contributed by atoms with van der Waals surface area (Å²) in [6.07, 6.45) is 1.80. The van der Waals surface area contributed by atoms with E-state index in [-0.39, 0.29) is 5.41 Å². The van der Waals surface area contributed by atoms with E-state index in [9.17, 15) is 4.79 Å². The van der Waals surface area contributed by atoms with Gasteiger partial charge in [-0.2, -0.15) is 0 Å². The maximum atomic E-state index is 11.0. The van der Waals surface area contributed by atoms with Gasteiger partial charge in [0.05, 0.1) is 0 Å². The molecule has 0 spiro atoms. The molecule has 1 aliphatic rings. The Bertz CT molecular complexity index is 407. The molecule has 4 heteroatoms. The summed E-state index contributed by atoms with van der Waals surface area (Å²) >= 11 is 1.72. The highest BCUT2D eigenvalue weighted by atomic mass is 32.1. The summed E-state index contributed by atoms with van der Waals surface area (Å²) in [7, 11) is 0. The molecule has 1 fully saturated rings. The molecule has 15 heavy (non-hydrogen) atoms. The molecule has 1 aromatic rings. The topological polar surface area (TPSA) is 63.3 Å². The van der Waals surface area contributed by atoms with Crippen LogP contribution in [0.15, 0.2) is 6.07 Å². The summed E-state index contributed by atoms with van der Waals surface area (Å²) in [6.45, 7) is 4.09. The average molecular weight is 225 g/mol. The van der Waals surface area contributed by atoms with Crippen molar-refractivity contribution in [1.82, 2.24) is 0 Å². The SMILES string of the molecule is Cc1cc(C2(C(N)C(=O)O)CC2)c(C)s1. The number of carbonyl (C=O) groups is 1. The molecule has 0 aliphatic heterocycles. The van der Waals surface area contributed by atoms with E-state index < -0.39 is 12.0 Å². The molecule has 0 saturated heterocycles. The van der Waals surface area contributed by atoms with Crippen molar-refractivity contribution in [2.45, 2.75) is 38.1 Å². The van der Waals surface area contributed by atoms with Crippen LogP contribution in [-0.2, 0) is 10.2 Å². The van der Waals surface area contributed by atoms with Crippen LogP contribution >= 0.6 is 11.3 Å². The van der Waals surface area contributed by atoms with Gasteiger partial charge in [-0.1, -0.05) is 0 Å². The molecule has 82 valence electrons. The lowest BCUT2D eigenvalue weighted by Gasteiger charge is -2.19. The van der Waals surface area contributed by atoms with Crippen LogP contribution in [0.3, 0.4) is 0 Å². The number of nitrogens with two attached hydrogens (primary N) is 1. The lowest BCUT2D eigenvalue weighted by molar-refractivity contribution is -0.139. The zero-order valence-corrected chi connectivity index (χ0v) is 9.73. The highest BCUT2D eigenvalue weighted by Gasteiger charge is 2.53. The molecule has 2 rings (SSSR count). The number of carboxylic acids is 1.